The van der Waals surface area contributed by atoms with E-state index in [1.54, 1.807) is 58.0 Å². The molecular weight excluding hydrogens is 686 g/mol. The number of nitrogens with two attached hydrogens (primary N) is 1. The Labute approximate surface area is 300 Å². The van der Waals surface area contributed by atoms with Crippen molar-refractivity contribution in [3.8, 4) is 0 Å². The van der Waals surface area contributed by atoms with Crippen LogP contribution in [-0.4, -0.2) is 111 Å². The highest BCUT2D eigenvalue weighted by atomic mass is 16.4. The number of benzene rings is 1. The van der Waals surface area contributed by atoms with Gasteiger partial charge in [-0.2, -0.15) is 0 Å². The van der Waals surface area contributed by atoms with Gasteiger partial charge in [-0.1, -0.05) is 64.4 Å². The summed E-state index contributed by atoms with van der Waals surface area (Å²) >= 11 is 0. The molecule has 0 radical (unpaired) electrons. The number of carboxylic acid groups (broad SMARTS) is 3. The first-order chi connectivity index (χ1) is 24.3. The molecule has 0 spiro atoms. The van der Waals surface area contributed by atoms with Gasteiger partial charge in [-0.25, -0.2) is 0 Å². The Morgan fingerprint density at radius 1 is 0.615 bits per heavy atom. The zero-order chi connectivity index (χ0) is 39.7. The molecule has 0 bridgehead atoms. The molecule has 52 heavy (non-hydrogen) atoms. The minimum Gasteiger partial charge on any atom is -0.481 e. The van der Waals surface area contributed by atoms with Gasteiger partial charge in [0.2, 0.25) is 35.4 Å². The summed E-state index contributed by atoms with van der Waals surface area (Å²) in [5, 5.41) is 41.5. The van der Waals surface area contributed by atoms with Gasteiger partial charge >= 0.3 is 17.9 Å². The maximum atomic E-state index is 13.5. The third-order valence-corrected chi connectivity index (χ3v) is 7.92. The van der Waals surface area contributed by atoms with Gasteiger partial charge in [0.1, 0.15) is 36.8 Å². The summed E-state index contributed by atoms with van der Waals surface area (Å²) in [5.41, 5.74) is 6.40. The minimum atomic E-state index is -1.74. The highest BCUT2D eigenvalue weighted by Gasteiger charge is 2.34. The largest absolute Gasteiger partial charge is 0.481 e. The standard InChI is InChI=1S/C33H49N7O12/c1-6-17(4)27(33(52)35-15-25(45)46)40-31(50)22(14-24(43)44)37-28(47)18(5)36-29(48)20(12-19-10-8-7-9-11-19)38-30(49)21(13-23(41)42)39-32(51)26(34)16(2)3/h7-11,16-18,20-22,26-27H,6,12-15,34H2,1-5H3,(H,35,52)(H,36,48)(H,37,47)(H,38,49)(H,39,51)(H,40,50)(H,41,42)(H,43,44)(H,45,46). The lowest BCUT2D eigenvalue weighted by molar-refractivity contribution is -0.142. The molecule has 1 aromatic carbocycles. The van der Waals surface area contributed by atoms with Crippen LogP contribution in [-0.2, 0) is 49.6 Å². The van der Waals surface area contributed by atoms with E-state index in [4.69, 9.17) is 10.8 Å². The number of carbonyl (C=O) groups excluding carboxylic acids is 6. The molecule has 0 aromatic heterocycles. The second-order valence-electron chi connectivity index (χ2n) is 12.6. The number of carbonyl (C=O) groups is 9. The SMILES string of the molecule is CCC(C)C(NC(=O)C(CC(=O)O)NC(=O)C(C)NC(=O)C(Cc1ccccc1)NC(=O)C(CC(=O)O)NC(=O)C(N)C(C)C)C(=O)NCC(=O)O. The van der Waals surface area contributed by atoms with E-state index in [0.717, 1.165) is 0 Å². The van der Waals surface area contributed by atoms with Gasteiger partial charge < -0.3 is 53.0 Å². The van der Waals surface area contributed by atoms with Crippen LogP contribution >= 0.6 is 0 Å². The van der Waals surface area contributed by atoms with Crippen LogP contribution in [0.1, 0.15) is 59.4 Å². The fraction of sp³-hybridized carbons (Fsp3) is 0.545. The predicted molar refractivity (Wildman–Crippen MR) is 183 cm³/mol. The molecule has 6 amide bonds. The van der Waals surface area contributed by atoms with Gasteiger partial charge in [0, 0.05) is 6.42 Å². The molecule has 7 unspecified atom stereocenters. The van der Waals surface area contributed by atoms with E-state index in [9.17, 15) is 53.4 Å². The zero-order valence-corrected chi connectivity index (χ0v) is 29.6. The molecule has 0 aliphatic carbocycles. The molecule has 0 aliphatic heterocycles. The molecule has 0 fully saturated rings. The van der Waals surface area contributed by atoms with Crippen LogP contribution < -0.4 is 37.6 Å². The van der Waals surface area contributed by atoms with E-state index in [2.05, 4.69) is 31.9 Å². The van der Waals surface area contributed by atoms with Crippen LogP contribution in [0.25, 0.3) is 0 Å². The van der Waals surface area contributed by atoms with Gasteiger partial charge in [0.25, 0.3) is 0 Å². The molecule has 11 N–H and O–H groups in total. The molecule has 19 nitrogen and oxygen atoms in total. The van der Waals surface area contributed by atoms with Crippen LogP contribution in [0.2, 0.25) is 0 Å². The lowest BCUT2D eigenvalue weighted by atomic mass is 9.97. The Balaban J connectivity index is 3.22. The summed E-state index contributed by atoms with van der Waals surface area (Å²) in [6.07, 6.45) is -1.55. The lowest BCUT2D eigenvalue weighted by Gasteiger charge is -2.27. The average molecular weight is 736 g/mol. The first-order valence-electron chi connectivity index (χ1n) is 16.5. The summed E-state index contributed by atoms with van der Waals surface area (Å²) in [4.78, 5) is 112. The quantitative estimate of drug-likeness (QED) is 0.0608. The molecule has 0 heterocycles. The summed E-state index contributed by atoms with van der Waals surface area (Å²) in [7, 11) is 0. The summed E-state index contributed by atoms with van der Waals surface area (Å²) in [6, 6.07) is -0.231. The fourth-order valence-corrected chi connectivity index (χ4v) is 4.57. The number of nitrogens with one attached hydrogen (secondary N) is 6. The van der Waals surface area contributed by atoms with E-state index in [1.165, 1.54) is 6.92 Å². The minimum absolute atomic E-state index is 0.142. The fourth-order valence-electron chi connectivity index (χ4n) is 4.57. The zero-order valence-electron chi connectivity index (χ0n) is 29.6. The van der Waals surface area contributed by atoms with Crippen LogP contribution in [0.5, 0.6) is 0 Å². The first-order valence-corrected chi connectivity index (χ1v) is 16.5. The number of amides is 6. The summed E-state index contributed by atoms with van der Waals surface area (Å²) in [6.45, 7) is 7.08. The van der Waals surface area contributed by atoms with Gasteiger partial charge in [-0.05, 0) is 24.3 Å². The topological polar surface area (TPSA) is 313 Å². The number of carboxylic acids is 3. The van der Waals surface area contributed by atoms with Gasteiger partial charge in [0.05, 0.1) is 18.9 Å². The maximum Gasteiger partial charge on any atom is 0.322 e. The average Bonchev–Trinajstić information content (AvgIpc) is 3.07. The summed E-state index contributed by atoms with van der Waals surface area (Å²) in [5.74, 6) is -10.8. The van der Waals surface area contributed by atoms with Crippen molar-refractivity contribution in [2.45, 2.75) is 96.6 Å². The third-order valence-electron chi connectivity index (χ3n) is 7.92. The number of hydrogen-bond donors (Lipinski definition) is 10. The van der Waals surface area contributed by atoms with Crippen molar-refractivity contribution in [2.24, 2.45) is 17.6 Å². The van der Waals surface area contributed by atoms with Crippen molar-refractivity contribution in [3.05, 3.63) is 35.9 Å². The number of hydrogen-bond acceptors (Lipinski definition) is 10. The Bertz CT molecular complexity index is 1460. The van der Waals surface area contributed by atoms with E-state index in [1.807, 2.05) is 0 Å². The van der Waals surface area contributed by atoms with Crippen LogP contribution in [0.15, 0.2) is 30.3 Å². The summed E-state index contributed by atoms with van der Waals surface area (Å²) < 4.78 is 0. The molecule has 0 aliphatic rings. The van der Waals surface area contributed by atoms with E-state index >= 15 is 0 Å². The monoisotopic (exact) mass is 735 g/mol. The normalized spacial score (nSPS) is 14.9. The Morgan fingerprint density at radius 3 is 1.58 bits per heavy atom. The first kappa shape index (κ1) is 44.4. The van der Waals surface area contributed by atoms with Crippen LogP contribution in [0.3, 0.4) is 0 Å². The smallest absolute Gasteiger partial charge is 0.322 e. The molecule has 288 valence electrons. The van der Waals surface area contributed by atoms with Crippen molar-refractivity contribution in [2.75, 3.05) is 6.54 Å². The van der Waals surface area contributed by atoms with Crippen molar-refractivity contribution in [3.63, 3.8) is 0 Å². The Morgan fingerprint density at radius 2 is 1.10 bits per heavy atom. The highest BCUT2D eigenvalue weighted by molar-refractivity contribution is 5.98. The van der Waals surface area contributed by atoms with Crippen molar-refractivity contribution >= 4 is 53.4 Å². The number of aliphatic carboxylic acids is 3. The molecule has 1 rings (SSSR count). The molecule has 1 aromatic rings. The second kappa shape index (κ2) is 21.6. The van der Waals surface area contributed by atoms with Gasteiger partial charge in [-0.3, -0.25) is 43.2 Å². The maximum absolute atomic E-state index is 13.5. The van der Waals surface area contributed by atoms with E-state index in [-0.39, 0.29) is 12.3 Å². The van der Waals surface area contributed by atoms with Crippen molar-refractivity contribution < 1.29 is 58.5 Å². The number of rotatable bonds is 22. The Kier molecular flexibility index (Phi) is 18.4. The molecule has 7 atom stereocenters. The van der Waals surface area contributed by atoms with Gasteiger partial charge in [-0.15, -0.1) is 0 Å². The lowest BCUT2D eigenvalue weighted by Crippen LogP contribution is -2.60. The second-order valence-corrected chi connectivity index (χ2v) is 12.6. The van der Waals surface area contributed by atoms with Crippen LogP contribution in [0.4, 0.5) is 0 Å². The molecule has 0 saturated carbocycles. The molecule has 19 heteroatoms. The third kappa shape index (κ3) is 15.5. The van der Waals surface area contributed by atoms with Crippen molar-refractivity contribution in [1.82, 2.24) is 31.9 Å². The molecular formula is C33H49N7O12. The van der Waals surface area contributed by atoms with Crippen LogP contribution in [0, 0.1) is 11.8 Å². The molecule has 0 saturated heterocycles. The predicted octanol–water partition coefficient (Wildman–Crippen LogP) is -2.15. The highest BCUT2D eigenvalue weighted by Crippen LogP contribution is 2.10. The van der Waals surface area contributed by atoms with E-state index < -0.39 is 115 Å². The van der Waals surface area contributed by atoms with Gasteiger partial charge in [0.15, 0.2) is 0 Å². The Hall–Kier alpha value is -5.59. The van der Waals surface area contributed by atoms with E-state index in [0.29, 0.717) is 12.0 Å². The van der Waals surface area contributed by atoms with Crippen molar-refractivity contribution in [1.29, 1.82) is 0 Å².